The minimum atomic E-state index is -0.693. The van der Waals surface area contributed by atoms with Crippen molar-refractivity contribution in [2.45, 2.75) is 24.4 Å². The number of fused-ring (bicyclic) bond motifs is 1. The molecule has 4 atom stereocenters. The Balaban J connectivity index is 2.08. The minimum absolute atomic E-state index is 0.288. The Kier molecular flexibility index (Phi) is 3.57. The summed E-state index contributed by atoms with van der Waals surface area (Å²) in [5.74, 6) is 0. The number of ether oxygens (including phenoxy) is 2. The van der Waals surface area contributed by atoms with Gasteiger partial charge in [0.1, 0.15) is 24.4 Å². The van der Waals surface area contributed by atoms with Crippen LogP contribution in [0, 0.1) is 0 Å². The van der Waals surface area contributed by atoms with Crippen LogP contribution in [0.25, 0.3) is 10.8 Å². The van der Waals surface area contributed by atoms with Crippen LogP contribution >= 0.6 is 0 Å². The van der Waals surface area contributed by atoms with E-state index in [9.17, 15) is 5.11 Å². The van der Waals surface area contributed by atoms with Gasteiger partial charge in [0.15, 0.2) is 0 Å². The highest BCUT2D eigenvalue weighted by Crippen LogP contribution is 2.38. The fourth-order valence-corrected chi connectivity index (χ4v) is 2.90. The second kappa shape index (κ2) is 5.37. The lowest BCUT2D eigenvalue weighted by molar-refractivity contribution is -0.0109. The lowest BCUT2D eigenvalue weighted by Gasteiger charge is -2.20. The van der Waals surface area contributed by atoms with Crippen LogP contribution in [0.5, 0.6) is 0 Å². The smallest absolute Gasteiger partial charge is 0.116 e. The van der Waals surface area contributed by atoms with Gasteiger partial charge in [-0.15, -0.1) is 6.58 Å². The summed E-state index contributed by atoms with van der Waals surface area (Å²) < 4.78 is 11.4. The molecule has 0 unspecified atom stereocenters. The van der Waals surface area contributed by atoms with Crippen molar-refractivity contribution < 1.29 is 14.6 Å². The first-order valence-electron chi connectivity index (χ1n) is 6.73. The summed E-state index contributed by atoms with van der Waals surface area (Å²) in [6.45, 7) is 3.71. The van der Waals surface area contributed by atoms with Gasteiger partial charge in [0.2, 0.25) is 0 Å². The molecule has 3 nitrogen and oxygen atoms in total. The second-order valence-corrected chi connectivity index (χ2v) is 5.02. The van der Waals surface area contributed by atoms with E-state index in [1.54, 1.807) is 13.2 Å². The van der Waals surface area contributed by atoms with Gasteiger partial charge < -0.3 is 14.6 Å². The Morgan fingerprint density at radius 3 is 2.70 bits per heavy atom. The molecule has 3 rings (SSSR count). The van der Waals surface area contributed by atoms with Gasteiger partial charge in [-0.1, -0.05) is 48.5 Å². The minimum Gasteiger partial charge on any atom is -0.387 e. The van der Waals surface area contributed by atoms with Crippen molar-refractivity contribution in [2.75, 3.05) is 7.11 Å². The van der Waals surface area contributed by atoms with Gasteiger partial charge in [-0.05, 0) is 16.3 Å². The van der Waals surface area contributed by atoms with Crippen LogP contribution in [-0.4, -0.2) is 30.5 Å². The maximum atomic E-state index is 10.2. The summed E-state index contributed by atoms with van der Waals surface area (Å²) in [6, 6.07) is 14.2. The maximum Gasteiger partial charge on any atom is 0.116 e. The molecule has 1 heterocycles. The first kappa shape index (κ1) is 13.3. The van der Waals surface area contributed by atoms with Crippen molar-refractivity contribution in [2.24, 2.45) is 0 Å². The zero-order valence-electron chi connectivity index (χ0n) is 11.4. The van der Waals surface area contributed by atoms with E-state index in [0.717, 1.165) is 16.3 Å². The fourth-order valence-electron chi connectivity index (χ4n) is 2.90. The maximum absolute atomic E-state index is 10.2. The number of hydrogen-bond donors (Lipinski definition) is 1. The molecule has 0 saturated carbocycles. The average Bonchev–Trinajstić information content (AvgIpc) is 2.82. The van der Waals surface area contributed by atoms with Crippen molar-refractivity contribution in [3.8, 4) is 0 Å². The molecule has 2 aromatic carbocycles. The third kappa shape index (κ3) is 2.04. The molecule has 104 valence electrons. The van der Waals surface area contributed by atoms with Crippen molar-refractivity contribution in [1.29, 1.82) is 0 Å². The standard InChI is InChI=1S/C17H18O3/c1-3-14-15(18)17(19-2)16(20-14)13-10-6-8-11-7-4-5-9-12(11)13/h3-10,14-18H,1H2,2H3/t14-,15-,16+,17-/m1/s1. The first-order valence-corrected chi connectivity index (χ1v) is 6.73. The van der Waals surface area contributed by atoms with Crippen LogP contribution in [0.15, 0.2) is 55.1 Å². The summed E-state index contributed by atoms with van der Waals surface area (Å²) in [5.41, 5.74) is 1.04. The van der Waals surface area contributed by atoms with E-state index in [4.69, 9.17) is 9.47 Å². The van der Waals surface area contributed by atoms with Gasteiger partial charge in [-0.2, -0.15) is 0 Å². The summed E-state index contributed by atoms with van der Waals surface area (Å²) in [4.78, 5) is 0. The van der Waals surface area contributed by atoms with Crippen LogP contribution < -0.4 is 0 Å². The summed E-state index contributed by atoms with van der Waals surface area (Å²) in [7, 11) is 1.60. The van der Waals surface area contributed by atoms with E-state index in [1.807, 2.05) is 24.3 Å². The Labute approximate surface area is 118 Å². The highest BCUT2D eigenvalue weighted by molar-refractivity contribution is 5.86. The zero-order chi connectivity index (χ0) is 14.1. The summed E-state index contributed by atoms with van der Waals surface area (Å²) in [5, 5.41) is 12.5. The molecule has 3 heteroatoms. The molecule has 0 amide bonds. The van der Waals surface area contributed by atoms with E-state index in [1.165, 1.54) is 0 Å². The topological polar surface area (TPSA) is 38.7 Å². The van der Waals surface area contributed by atoms with Gasteiger partial charge in [-0.3, -0.25) is 0 Å². The molecule has 0 bridgehead atoms. The van der Waals surface area contributed by atoms with Crippen molar-refractivity contribution in [3.05, 3.63) is 60.7 Å². The third-order valence-electron chi connectivity index (χ3n) is 3.91. The normalized spacial score (nSPS) is 29.7. The molecule has 1 aliphatic heterocycles. The van der Waals surface area contributed by atoms with Gasteiger partial charge in [0.05, 0.1) is 0 Å². The summed E-state index contributed by atoms with van der Waals surface area (Å²) >= 11 is 0. The highest BCUT2D eigenvalue weighted by atomic mass is 16.6. The molecule has 0 spiro atoms. The number of benzene rings is 2. The number of aliphatic hydroxyl groups excluding tert-OH is 1. The zero-order valence-corrected chi connectivity index (χ0v) is 11.4. The number of rotatable bonds is 3. The quantitative estimate of drug-likeness (QED) is 0.872. The third-order valence-corrected chi connectivity index (χ3v) is 3.91. The number of hydrogen-bond acceptors (Lipinski definition) is 3. The van der Waals surface area contributed by atoms with E-state index in [-0.39, 0.29) is 12.2 Å². The van der Waals surface area contributed by atoms with Crippen LogP contribution in [-0.2, 0) is 9.47 Å². The number of aliphatic hydroxyl groups is 1. The van der Waals surface area contributed by atoms with E-state index in [2.05, 4.69) is 24.8 Å². The molecular formula is C17H18O3. The van der Waals surface area contributed by atoms with Crippen LogP contribution in [0.4, 0.5) is 0 Å². The van der Waals surface area contributed by atoms with Crippen molar-refractivity contribution in [3.63, 3.8) is 0 Å². The molecule has 2 aromatic rings. The molecule has 1 N–H and O–H groups in total. The summed E-state index contributed by atoms with van der Waals surface area (Å²) in [6.07, 6.45) is -0.139. The SMILES string of the molecule is C=C[C@H]1O[C@@H](c2cccc3ccccc23)[C@H](OC)[C@@H]1O. The Hall–Kier alpha value is -1.68. The van der Waals surface area contributed by atoms with Crippen LogP contribution in [0.3, 0.4) is 0 Å². The van der Waals surface area contributed by atoms with Crippen LogP contribution in [0.2, 0.25) is 0 Å². The molecule has 0 radical (unpaired) electrons. The number of methoxy groups -OCH3 is 1. The monoisotopic (exact) mass is 270 g/mol. The van der Waals surface area contributed by atoms with E-state index >= 15 is 0 Å². The average molecular weight is 270 g/mol. The van der Waals surface area contributed by atoms with Gasteiger partial charge in [-0.25, -0.2) is 0 Å². The predicted octanol–water partition coefficient (Wildman–Crippen LogP) is 2.84. The molecule has 0 aliphatic carbocycles. The van der Waals surface area contributed by atoms with Gasteiger partial charge in [0.25, 0.3) is 0 Å². The molecule has 1 saturated heterocycles. The molecular weight excluding hydrogens is 252 g/mol. The van der Waals surface area contributed by atoms with E-state index < -0.39 is 12.2 Å². The lowest BCUT2D eigenvalue weighted by Crippen LogP contribution is -2.31. The Bertz CT molecular complexity index is 617. The van der Waals surface area contributed by atoms with Crippen molar-refractivity contribution >= 4 is 10.8 Å². The first-order chi connectivity index (χ1) is 9.76. The highest BCUT2D eigenvalue weighted by Gasteiger charge is 2.43. The fraction of sp³-hybridized carbons (Fsp3) is 0.294. The van der Waals surface area contributed by atoms with Crippen LogP contribution in [0.1, 0.15) is 11.7 Å². The van der Waals surface area contributed by atoms with E-state index in [0.29, 0.717) is 0 Å². The predicted molar refractivity (Wildman–Crippen MR) is 78.6 cm³/mol. The molecule has 1 aliphatic rings. The second-order valence-electron chi connectivity index (χ2n) is 5.02. The molecule has 1 fully saturated rings. The molecule has 20 heavy (non-hydrogen) atoms. The molecule has 0 aromatic heterocycles. The largest absolute Gasteiger partial charge is 0.387 e. The van der Waals surface area contributed by atoms with Gasteiger partial charge >= 0.3 is 0 Å². The Morgan fingerprint density at radius 1 is 1.20 bits per heavy atom. The van der Waals surface area contributed by atoms with Gasteiger partial charge in [0, 0.05) is 7.11 Å². The van der Waals surface area contributed by atoms with Crippen molar-refractivity contribution in [1.82, 2.24) is 0 Å². The Morgan fingerprint density at radius 2 is 1.95 bits per heavy atom. The lowest BCUT2D eigenvalue weighted by atomic mass is 9.96.